The summed E-state index contributed by atoms with van der Waals surface area (Å²) in [6.07, 6.45) is 2.60. The molecule has 2 aromatic rings. The molecule has 5 nitrogen and oxygen atoms in total. The Morgan fingerprint density at radius 1 is 1.41 bits per heavy atom. The Bertz CT molecular complexity index is 689. The van der Waals surface area contributed by atoms with E-state index in [9.17, 15) is 4.79 Å². The van der Waals surface area contributed by atoms with Crippen LogP contribution in [0.3, 0.4) is 0 Å². The Labute approximate surface area is 139 Å². The number of amides is 1. The van der Waals surface area contributed by atoms with E-state index in [0.29, 0.717) is 11.3 Å². The van der Waals surface area contributed by atoms with Gasteiger partial charge < -0.3 is 11.1 Å². The topological polar surface area (TPSA) is 72.9 Å². The number of nitrogens with two attached hydrogens (primary N) is 1. The molecular formula is C15H18Cl2N4O. The van der Waals surface area contributed by atoms with Crippen molar-refractivity contribution in [1.82, 2.24) is 9.78 Å². The molecule has 3 N–H and O–H groups in total. The summed E-state index contributed by atoms with van der Waals surface area (Å²) in [5, 5.41) is 7.64. The molecule has 1 amide bonds. The van der Waals surface area contributed by atoms with E-state index in [1.165, 1.54) is 12.1 Å². The number of hydrogen-bond acceptors (Lipinski definition) is 3. The fourth-order valence-electron chi connectivity index (χ4n) is 2.07. The molecule has 0 spiro atoms. The molecular weight excluding hydrogens is 323 g/mol. The van der Waals surface area contributed by atoms with Crippen LogP contribution in [0.15, 0.2) is 18.3 Å². The van der Waals surface area contributed by atoms with Gasteiger partial charge in [-0.15, -0.1) is 0 Å². The van der Waals surface area contributed by atoms with Crippen LogP contribution in [0.1, 0.15) is 42.4 Å². The molecule has 0 saturated heterocycles. The molecule has 0 aliphatic carbocycles. The van der Waals surface area contributed by atoms with E-state index in [0.717, 1.165) is 12.1 Å². The lowest BCUT2D eigenvalue weighted by Gasteiger charge is -2.12. The van der Waals surface area contributed by atoms with Crippen LogP contribution in [0, 0.1) is 6.92 Å². The van der Waals surface area contributed by atoms with Gasteiger partial charge in [-0.05, 0) is 32.4 Å². The molecule has 7 heteroatoms. The first-order valence-electron chi connectivity index (χ1n) is 6.95. The first-order valence-corrected chi connectivity index (χ1v) is 7.70. The maximum Gasteiger partial charge on any atom is 0.255 e. The van der Waals surface area contributed by atoms with Gasteiger partial charge >= 0.3 is 0 Å². The number of nitrogen functional groups attached to an aromatic ring is 1. The summed E-state index contributed by atoms with van der Waals surface area (Å²) in [5.41, 5.74) is 7.84. The molecule has 118 valence electrons. The van der Waals surface area contributed by atoms with Crippen molar-refractivity contribution in [2.75, 3.05) is 11.1 Å². The summed E-state index contributed by atoms with van der Waals surface area (Å²) in [6.45, 7) is 6.07. The fraction of sp³-hybridized carbons (Fsp3) is 0.333. The highest BCUT2D eigenvalue weighted by molar-refractivity contribution is 6.39. The van der Waals surface area contributed by atoms with Crippen molar-refractivity contribution < 1.29 is 4.79 Å². The van der Waals surface area contributed by atoms with Gasteiger partial charge in [0.25, 0.3) is 5.91 Å². The number of carbonyl (C=O) groups is 1. The number of carbonyl (C=O) groups excluding carboxylic acids is 1. The lowest BCUT2D eigenvalue weighted by molar-refractivity contribution is 0.102. The number of rotatable bonds is 4. The van der Waals surface area contributed by atoms with E-state index in [1.54, 1.807) is 6.20 Å². The number of halogens is 2. The molecule has 22 heavy (non-hydrogen) atoms. The predicted octanol–water partition coefficient (Wildman–Crippen LogP) is 4.30. The summed E-state index contributed by atoms with van der Waals surface area (Å²) in [6, 6.07) is 3.25. The molecule has 0 aliphatic heterocycles. The third-order valence-electron chi connectivity index (χ3n) is 3.64. The van der Waals surface area contributed by atoms with Crippen LogP contribution in [-0.2, 0) is 0 Å². The van der Waals surface area contributed by atoms with E-state index < -0.39 is 0 Å². The van der Waals surface area contributed by atoms with Crippen LogP contribution in [0.2, 0.25) is 10.0 Å². The largest absolute Gasteiger partial charge is 0.396 e. The van der Waals surface area contributed by atoms with Gasteiger partial charge in [0, 0.05) is 11.6 Å². The van der Waals surface area contributed by atoms with Gasteiger partial charge in [0.1, 0.15) is 0 Å². The van der Waals surface area contributed by atoms with Gasteiger partial charge in [-0.25, -0.2) is 0 Å². The molecule has 0 unspecified atom stereocenters. The molecule has 0 fully saturated rings. The van der Waals surface area contributed by atoms with Crippen LogP contribution in [0.25, 0.3) is 0 Å². The van der Waals surface area contributed by atoms with Crippen LogP contribution in [0.5, 0.6) is 0 Å². The molecule has 0 bridgehead atoms. The van der Waals surface area contributed by atoms with Crippen LogP contribution in [0.4, 0.5) is 11.4 Å². The molecule has 1 atom stereocenters. The quantitative estimate of drug-likeness (QED) is 0.814. The first kappa shape index (κ1) is 16.6. The van der Waals surface area contributed by atoms with Crippen molar-refractivity contribution >= 4 is 40.5 Å². The average Bonchev–Trinajstić information content (AvgIpc) is 2.84. The third kappa shape index (κ3) is 3.20. The summed E-state index contributed by atoms with van der Waals surface area (Å²) in [7, 11) is 0. The molecule has 2 rings (SSSR count). The van der Waals surface area contributed by atoms with Gasteiger partial charge in [-0.3, -0.25) is 9.48 Å². The number of anilines is 2. The molecule has 1 heterocycles. The maximum atomic E-state index is 12.3. The number of nitrogens with zero attached hydrogens (tertiary/aromatic N) is 2. The summed E-state index contributed by atoms with van der Waals surface area (Å²) in [5.74, 6) is -0.310. The van der Waals surface area contributed by atoms with Gasteiger partial charge in [0.05, 0.1) is 33.3 Å². The lowest BCUT2D eigenvalue weighted by atomic mass is 10.2. The minimum atomic E-state index is -0.310. The van der Waals surface area contributed by atoms with Gasteiger partial charge in [-0.1, -0.05) is 30.1 Å². The molecule has 0 radical (unpaired) electrons. The van der Waals surface area contributed by atoms with Crippen LogP contribution in [-0.4, -0.2) is 15.7 Å². The second-order valence-electron chi connectivity index (χ2n) is 5.15. The van der Waals surface area contributed by atoms with Gasteiger partial charge in [0.2, 0.25) is 0 Å². The van der Waals surface area contributed by atoms with Crippen LogP contribution >= 0.6 is 23.2 Å². The standard InChI is InChI=1S/C15H18Cl2N4O/c1-4-8(2)21-9(3)13(7-19-21)20-15(22)10-5-11(16)14(18)12(17)6-10/h5-8H,4,18H2,1-3H3,(H,20,22)/t8-/m1/s1. The highest BCUT2D eigenvalue weighted by Gasteiger charge is 2.15. The van der Waals surface area contributed by atoms with E-state index in [2.05, 4.69) is 24.3 Å². The Morgan fingerprint density at radius 3 is 2.55 bits per heavy atom. The SMILES string of the molecule is CC[C@@H](C)n1ncc(NC(=O)c2cc(Cl)c(N)c(Cl)c2)c1C. The van der Waals surface area contributed by atoms with E-state index in [4.69, 9.17) is 28.9 Å². The number of aromatic nitrogens is 2. The summed E-state index contributed by atoms with van der Waals surface area (Å²) < 4.78 is 1.89. The zero-order chi connectivity index (χ0) is 16.4. The van der Waals surface area contributed by atoms with Crippen molar-refractivity contribution in [2.24, 2.45) is 0 Å². The fourth-order valence-corrected chi connectivity index (χ4v) is 2.56. The predicted molar refractivity (Wildman–Crippen MR) is 90.8 cm³/mol. The molecule has 1 aromatic heterocycles. The zero-order valence-corrected chi connectivity index (χ0v) is 14.2. The van der Waals surface area contributed by atoms with Crippen molar-refractivity contribution in [3.8, 4) is 0 Å². The Morgan fingerprint density at radius 2 is 2.00 bits per heavy atom. The number of hydrogen-bond donors (Lipinski definition) is 2. The molecule has 1 aromatic carbocycles. The minimum Gasteiger partial charge on any atom is -0.396 e. The average molecular weight is 341 g/mol. The number of nitrogens with one attached hydrogen (secondary N) is 1. The van der Waals surface area contributed by atoms with E-state index >= 15 is 0 Å². The minimum absolute atomic E-state index is 0.254. The van der Waals surface area contributed by atoms with Crippen molar-refractivity contribution in [2.45, 2.75) is 33.2 Å². The van der Waals surface area contributed by atoms with Crippen molar-refractivity contribution in [3.63, 3.8) is 0 Å². The number of benzene rings is 1. The smallest absolute Gasteiger partial charge is 0.255 e. The maximum absolute atomic E-state index is 12.3. The highest BCUT2D eigenvalue weighted by atomic mass is 35.5. The van der Waals surface area contributed by atoms with E-state index in [-0.39, 0.29) is 27.7 Å². The zero-order valence-electron chi connectivity index (χ0n) is 12.7. The second kappa shape index (κ2) is 6.58. The van der Waals surface area contributed by atoms with Crippen LogP contribution < -0.4 is 11.1 Å². The Kier molecular flexibility index (Phi) is 4.98. The second-order valence-corrected chi connectivity index (χ2v) is 5.97. The summed E-state index contributed by atoms with van der Waals surface area (Å²) in [4.78, 5) is 12.3. The van der Waals surface area contributed by atoms with Crippen molar-refractivity contribution in [1.29, 1.82) is 0 Å². The highest BCUT2D eigenvalue weighted by Crippen LogP contribution is 2.29. The summed E-state index contributed by atoms with van der Waals surface area (Å²) >= 11 is 11.9. The normalized spacial score (nSPS) is 12.2. The van der Waals surface area contributed by atoms with Gasteiger partial charge in [0.15, 0.2) is 0 Å². The molecule has 0 aliphatic rings. The van der Waals surface area contributed by atoms with E-state index in [1.807, 2.05) is 11.6 Å². The monoisotopic (exact) mass is 340 g/mol. The first-order chi connectivity index (χ1) is 10.3. The van der Waals surface area contributed by atoms with Gasteiger partial charge in [-0.2, -0.15) is 5.10 Å². The Balaban J connectivity index is 2.25. The Hall–Kier alpha value is -1.72. The molecule has 0 saturated carbocycles. The van der Waals surface area contributed by atoms with Crippen molar-refractivity contribution in [3.05, 3.63) is 39.6 Å². The third-order valence-corrected chi connectivity index (χ3v) is 4.27. The lowest BCUT2D eigenvalue weighted by Crippen LogP contribution is -2.14.